The molecule has 6 atom stereocenters. The first-order valence-electron chi connectivity index (χ1n) is 7.17. The van der Waals surface area contributed by atoms with E-state index < -0.39 is 0 Å². The molecule has 3 fully saturated rings. The van der Waals surface area contributed by atoms with E-state index in [0.717, 1.165) is 65.0 Å². The summed E-state index contributed by atoms with van der Waals surface area (Å²) >= 11 is 13.4. The van der Waals surface area contributed by atoms with Crippen LogP contribution in [0.5, 0.6) is 0 Å². The van der Waals surface area contributed by atoms with E-state index >= 15 is 0 Å². The molecule has 6 unspecified atom stereocenters. The summed E-state index contributed by atoms with van der Waals surface area (Å²) in [6.07, 6.45) is 6.11. The average molecular weight is 637 g/mol. The minimum atomic E-state index is 0.957. The van der Waals surface area contributed by atoms with Gasteiger partial charge >= 0.3 is 169 Å². The summed E-state index contributed by atoms with van der Waals surface area (Å²) in [5, 5.41) is 2.08. The van der Waals surface area contributed by atoms with Crippen LogP contribution < -0.4 is 0 Å². The molecule has 3 rings (SSSR count). The maximum absolute atomic E-state index is 3.01. The van der Waals surface area contributed by atoms with E-state index in [1.54, 1.807) is 17.1 Å². The van der Waals surface area contributed by atoms with Gasteiger partial charge in [-0.1, -0.05) is 0 Å². The van der Waals surface area contributed by atoms with Crippen molar-refractivity contribution in [2.75, 3.05) is 11.5 Å². The first-order valence-corrected chi connectivity index (χ1v) is 17.8. The van der Waals surface area contributed by atoms with Gasteiger partial charge in [0.25, 0.3) is 0 Å². The Balaban J connectivity index is 1.36. The molecule has 0 aliphatic carbocycles. The Morgan fingerprint density at radius 1 is 0.850 bits per heavy atom. The van der Waals surface area contributed by atoms with Crippen LogP contribution in [0.15, 0.2) is 0 Å². The van der Waals surface area contributed by atoms with Gasteiger partial charge in [-0.15, -0.1) is 0 Å². The van der Waals surface area contributed by atoms with E-state index in [-0.39, 0.29) is 0 Å². The van der Waals surface area contributed by atoms with Gasteiger partial charge in [0.2, 0.25) is 0 Å². The molecule has 3 heterocycles. The topological polar surface area (TPSA) is 0 Å². The van der Waals surface area contributed by atoms with Crippen LogP contribution in [0.3, 0.4) is 0 Å². The predicted octanol–water partition coefficient (Wildman–Crippen LogP) is 2.15. The summed E-state index contributed by atoms with van der Waals surface area (Å²) in [7, 11) is 0. The van der Waals surface area contributed by atoms with Crippen molar-refractivity contribution in [3.8, 4) is 0 Å². The molecule has 0 N–H and O–H groups in total. The fourth-order valence-corrected chi connectivity index (χ4v) is 30.8. The zero-order valence-corrected chi connectivity index (χ0v) is 21.9. The molecule has 116 valence electrons. The Morgan fingerprint density at radius 2 is 1.30 bits per heavy atom. The third-order valence-electron chi connectivity index (χ3n) is 3.62. The van der Waals surface area contributed by atoms with Crippen LogP contribution in [0.2, 0.25) is 21.3 Å². The van der Waals surface area contributed by atoms with E-state index in [1.807, 2.05) is 0 Å². The van der Waals surface area contributed by atoms with Crippen molar-refractivity contribution in [2.45, 2.75) is 57.5 Å². The monoisotopic (exact) mass is 642 g/mol. The summed E-state index contributed by atoms with van der Waals surface area (Å²) in [4.78, 5) is 1.91. The van der Waals surface area contributed by atoms with E-state index in [9.17, 15) is 0 Å². The quantitative estimate of drug-likeness (QED) is 0.296. The molecular weight excluding hydrogens is 615 g/mol. The van der Waals surface area contributed by atoms with Gasteiger partial charge in [0, 0.05) is 0 Å². The molecule has 7 heteroatoms. The van der Waals surface area contributed by atoms with Gasteiger partial charge in [0.05, 0.1) is 0 Å². The molecule has 0 radical (unpaired) electrons. The molecular formula is C13H22S2Se5. The van der Waals surface area contributed by atoms with Crippen LogP contribution in [-0.2, 0) is 0 Å². The van der Waals surface area contributed by atoms with Crippen molar-refractivity contribution < 1.29 is 0 Å². The summed E-state index contributed by atoms with van der Waals surface area (Å²) in [6.45, 7) is 0. The first-order chi connectivity index (χ1) is 9.69. The Hall–Kier alpha value is 3.30. The van der Waals surface area contributed by atoms with Crippen LogP contribution in [-0.4, -0.2) is 98.9 Å². The molecule has 0 nitrogen and oxygen atoms in total. The van der Waals surface area contributed by atoms with Gasteiger partial charge < -0.3 is 0 Å². The van der Waals surface area contributed by atoms with Crippen molar-refractivity contribution in [3.05, 3.63) is 0 Å². The fraction of sp³-hybridized carbons (Fsp3) is 1.00. The van der Waals surface area contributed by atoms with Crippen LogP contribution >= 0.6 is 23.5 Å². The SMILES string of the molecule is [SeH]C(CC1CS1)CC1[Se]C[Se]C(CC([SeH])CC2CS2)[Se]1. The van der Waals surface area contributed by atoms with Gasteiger partial charge in [0.1, 0.15) is 0 Å². The second-order valence-electron chi connectivity index (χ2n) is 5.61. The standard InChI is InChI=1S/C13H22S2Se5/c16-10(1-8-5-14-8)3-12-18-7-19-13(20-12)4-11(17)2-9-6-15-9/h8-13,16-17H,1-7H2. The molecule has 20 heavy (non-hydrogen) atoms. The molecule has 0 aromatic carbocycles. The third-order valence-corrected chi connectivity index (χ3v) is 20.8. The van der Waals surface area contributed by atoms with E-state index in [0.29, 0.717) is 0 Å². The van der Waals surface area contributed by atoms with Crippen molar-refractivity contribution in [1.29, 1.82) is 0 Å². The predicted molar refractivity (Wildman–Crippen MR) is 102 cm³/mol. The normalized spacial score (nSPS) is 39.3. The third kappa shape index (κ3) is 7.04. The zero-order valence-electron chi connectivity index (χ0n) is 11.3. The van der Waals surface area contributed by atoms with Gasteiger partial charge in [-0.05, 0) is 0 Å². The maximum atomic E-state index is 3.01. The molecule has 0 bridgehead atoms. The van der Waals surface area contributed by atoms with Gasteiger partial charge in [-0.25, -0.2) is 0 Å². The van der Waals surface area contributed by atoms with Crippen LogP contribution in [0.25, 0.3) is 0 Å². The van der Waals surface area contributed by atoms with Gasteiger partial charge in [0.15, 0.2) is 0 Å². The molecule has 3 saturated heterocycles. The molecule has 0 aromatic rings. The van der Waals surface area contributed by atoms with Gasteiger partial charge in [-0.2, -0.15) is 0 Å². The van der Waals surface area contributed by atoms with E-state index in [2.05, 4.69) is 55.5 Å². The Labute approximate surface area is 167 Å². The van der Waals surface area contributed by atoms with Crippen LogP contribution in [0.4, 0.5) is 0 Å². The van der Waals surface area contributed by atoms with E-state index in [1.165, 1.54) is 31.8 Å². The second-order valence-corrected chi connectivity index (χ2v) is 24.2. The van der Waals surface area contributed by atoms with E-state index in [4.69, 9.17) is 0 Å². The number of rotatable bonds is 8. The van der Waals surface area contributed by atoms with Crippen molar-refractivity contribution >= 4 is 100 Å². The second kappa shape index (κ2) is 9.12. The number of thioether (sulfide) groups is 2. The summed E-state index contributed by atoms with van der Waals surface area (Å²) in [5.41, 5.74) is 0. The van der Waals surface area contributed by atoms with Crippen LogP contribution in [0, 0.1) is 0 Å². The molecule has 0 amide bonds. The average Bonchev–Trinajstić information content (AvgIpc) is 3.26. The summed E-state index contributed by atoms with van der Waals surface area (Å²) < 4.78 is 4.01. The van der Waals surface area contributed by atoms with Crippen molar-refractivity contribution in [1.82, 2.24) is 0 Å². The van der Waals surface area contributed by atoms with Gasteiger partial charge in [-0.3, -0.25) is 0 Å². The minimum absolute atomic E-state index is 0.957. The number of hydrogen-bond donors (Lipinski definition) is 0. The number of hydrogen-bond acceptors (Lipinski definition) is 2. The molecule has 0 spiro atoms. The Kier molecular flexibility index (Phi) is 8.26. The molecule has 0 saturated carbocycles. The van der Waals surface area contributed by atoms with Crippen LogP contribution in [0.1, 0.15) is 25.7 Å². The summed E-state index contributed by atoms with van der Waals surface area (Å²) in [5.74, 6) is 2.91. The molecule has 3 aliphatic rings. The molecule has 0 aromatic heterocycles. The zero-order chi connectivity index (χ0) is 13.9. The van der Waals surface area contributed by atoms with Crippen molar-refractivity contribution in [3.63, 3.8) is 0 Å². The Bertz CT molecular complexity index is 283. The first kappa shape index (κ1) is 18.1. The Morgan fingerprint density at radius 3 is 1.70 bits per heavy atom. The fourth-order valence-electron chi connectivity index (χ4n) is 2.34. The van der Waals surface area contributed by atoms with Crippen molar-refractivity contribution in [2.24, 2.45) is 0 Å². The summed E-state index contributed by atoms with van der Waals surface area (Å²) in [6, 6.07) is 0. The molecule has 3 aliphatic heterocycles.